The number of aromatic nitrogens is 1. The zero-order chi connectivity index (χ0) is 13.2. The largest absolute Gasteiger partial charge is 0.361 e. The van der Waals surface area contributed by atoms with Crippen LogP contribution in [0.5, 0.6) is 0 Å². The summed E-state index contributed by atoms with van der Waals surface area (Å²) in [7, 11) is 2.24. The number of nitrogens with two attached hydrogens (primary N) is 1. The Morgan fingerprint density at radius 1 is 1.32 bits per heavy atom. The summed E-state index contributed by atoms with van der Waals surface area (Å²) in [6, 6.07) is 9.17. The molecular formula is C16H23N3. The molecule has 0 spiro atoms. The van der Waals surface area contributed by atoms with Gasteiger partial charge in [-0.25, -0.2) is 0 Å². The van der Waals surface area contributed by atoms with Crippen molar-refractivity contribution in [2.24, 2.45) is 11.7 Å². The van der Waals surface area contributed by atoms with Crippen LogP contribution in [0.25, 0.3) is 10.9 Å². The van der Waals surface area contributed by atoms with Crippen LogP contribution in [0.15, 0.2) is 30.5 Å². The number of aromatic amines is 1. The van der Waals surface area contributed by atoms with E-state index in [-0.39, 0.29) is 0 Å². The molecule has 1 fully saturated rings. The molecule has 0 bridgehead atoms. The van der Waals surface area contributed by atoms with Crippen molar-refractivity contribution in [1.29, 1.82) is 0 Å². The molecule has 3 nitrogen and oxygen atoms in total. The van der Waals surface area contributed by atoms with E-state index in [1.165, 1.54) is 35.7 Å². The lowest BCUT2D eigenvalue weighted by Gasteiger charge is -2.28. The van der Waals surface area contributed by atoms with Crippen molar-refractivity contribution in [2.75, 3.05) is 13.6 Å². The normalized spacial score (nSPS) is 23.5. The first kappa shape index (κ1) is 12.7. The monoisotopic (exact) mass is 257 g/mol. The smallest absolute Gasteiger partial charge is 0.0457 e. The molecule has 1 aliphatic rings. The van der Waals surface area contributed by atoms with Crippen LogP contribution >= 0.6 is 0 Å². The predicted molar refractivity (Wildman–Crippen MR) is 79.9 cm³/mol. The van der Waals surface area contributed by atoms with Gasteiger partial charge in [-0.1, -0.05) is 24.6 Å². The number of rotatable bonds is 4. The number of H-pyrrole nitrogens is 1. The summed E-state index contributed by atoms with van der Waals surface area (Å²) >= 11 is 0. The average Bonchev–Trinajstić information content (AvgIpc) is 3.05. The minimum atomic E-state index is 0.652. The van der Waals surface area contributed by atoms with Crippen LogP contribution in [0.1, 0.15) is 24.8 Å². The average molecular weight is 257 g/mol. The van der Waals surface area contributed by atoms with Crippen LogP contribution in [0, 0.1) is 5.92 Å². The first-order chi connectivity index (χ1) is 9.29. The van der Waals surface area contributed by atoms with E-state index in [2.05, 4.69) is 47.4 Å². The Bertz CT molecular complexity index is 546. The van der Waals surface area contributed by atoms with Gasteiger partial charge >= 0.3 is 0 Å². The first-order valence-electron chi connectivity index (χ1n) is 7.25. The van der Waals surface area contributed by atoms with E-state index in [1.807, 2.05) is 0 Å². The van der Waals surface area contributed by atoms with Gasteiger partial charge in [0.1, 0.15) is 0 Å². The van der Waals surface area contributed by atoms with E-state index >= 15 is 0 Å². The quantitative estimate of drug-likeness (QED) is 0.884. The lowest BCUT2D eigenvalue weighted by molar-refractivity contribution is 0.193. The van der Waals surface area contributed by atoms with Crippen LogP contribution < -0.4 is 5.73 Å². The van der Waals surface area contributed by atoms with E-state index in [4.69, 9.17) is 5.73 Å². The van der Waals surface area contributed by atoms with E-state index in [1.54, 1.807) is 0 Å². The van der Waals surface area contributed by atoms with Gasteiger partial charge in [0.15, 0.2) is 0 Å². The minimum absolute atomic E-state index is 0.652. The predicted octanol–water partition coefficient (Wildman–Crippen LogP) is 2.73. The second-order valence-electron chi connectivity index (χ2n) is 5.77. The topological polar surface area (TPSA) is 45.0 Å². The highest BCUT2D eigenvalue weighted by Gasteiger charge is 2.29. The molecular weight excluding hydrogens is 234 g/mol. The number of nitrogens with zero attached hydrogens (tertiary/aromatic N) is 1. The maximum Gasteiger partial charge on any atom is 0.0457 e. The molecule has 3 rings (SSSR count). The highest BCUT2D eigenvalue weighted by molar-refractivity contribution is 5.82. The third-order valence-corrected chi connectivity index (χ3v) is 4.58. The molecule has 102 valence electrons. The summed E-state index contributed by atoms with van der Waals surface area (Å²) in [5.74, 6) is 0.676. The molecule has 1 aliphatic carbocycles. The summed E-state index contributed by atoms with van der Waals surface area (Å²) in [5.41, 5.74) is 8.51. The van der Waals surface area contributed by atoms with Crippen LogP contribution in [-0.2, 0) is 6.54 Å². The second kappa shape index (κ2) is 5.35. The van der Waals surface area contributed by atoms with Crippen LogP contribution in [0.4, 0.5) is 0 Å². The van der Waals surface area contributed by atoms with Crippen molar-refractivity contribution < 1.29 is 0 Å². The fraction of sp³-hybridized carbons (Fsp3) is 0.500. The first-order valence-corrected chi connectivity index (χ1v) is 7.25. The maximum atomic E-state index is 5.89. The summed E-state index contributed by atoms with van der Waals surface area (Å²) in [4.78, 5) is 5.84. The Kier molecular flexibility index (Phi) is 3.58. The van der Waals surface area contributed by atoms with Gasteiger partial charge in [-0.3, -0.25) is 4.90 Å². The van der Waals surface area contributed by atoms with Crippen molar-refractivity contribution in [2.45, 2.75) is 31.8 Å². The standard InChI is InChI=1S/C16H23N3/c1-19(16-8-4-5-12(16)9-17)11-13-10-18-15-7-3-2-6-14(13)15/h2-3,6-7,10,12,16,18H,4-5,8-9,11,17H2,1H3. The third-order valence-electron chi connectivity index (χ3n) is 4.58. The molecule has 3 heteroatoms. The van der Waals surface area contributed by atoms with Crippen LogP contribution in [0.3, 0.4) is 0 Å². The Morgan fingerprint density at radius 2 is 2.16 bits per heavy atom. The fourth-order valence-corrected chi connectivity index (χ4v) is 3.52. The van der Waals surface area contributed by atoms with Gasteiger partial charge in [0.05, 0.1) is 0 Å². The van der Waals surface area contributed by atoms with Gasteiger partial charge in [0.25, 0.3) is 0 Å². The zero-order valence-corrected chi connectivity index (χ0v) is 11.6. The van der Waals surface area contributed by atoms with E-state index < -0.39 is 0 Å². The molecule has 1 saturated carbocycles. The van der Waals surface area contributed by atoms with Gasteiger partial charge in [0, 0.05) is 29.7 Å². The molecule has 2 aromatic rings. The molecule has 1 aromatic heterocycles. The summed E-state index contributed by atoms with van der Waals surface area (Å²) in [5, 5.41) is 1.34. The van der Waals surface area contributed by atoms with E-state index in [0.29, 0.717) is 12.0 Å². The fourth-order valence-electron chi connectivity index (χ4n) is 3.52. The minimum Gasteiger partial charge on any atom is -0.361 e. The van der Waals surface area contributed by atoms with Crippen molar-refractivity contribution in [3.05, 3.63) is 36.0 Å². The van der Waals surface area contributed by atoms with E-state index in [9.17, 15) is 0 Å². The molecule has 3 N–H and O–H groups in total. The highest BCUT2D eigenvalue weighted by Crippen LogP contribution is 2.30. The summed E-state index contributed by atoms with van der Waals surface area (Å²) in [6.45, 7) is 1.83. The van der Waals surface area contributed by atoms with Gasteiger partial charge < -0.3 is 10.7 Å². The number of hydrogen-bond donors (Lipinski definition) is 2. The van der Waals surface area contributed by atoms with Gasteiger partial charge in [-0.15, -0.1) is 0 Å². The van der Waals surface area contributed by atoms with Crippen molar-refractivity contribution in [1.82, 2.24) is 9.88 Å². The molecule has 1 aromatic carbocycles. The number of fused-ring (bicyclic) bond motifs is 1. The SMILES string of the molecule is CN(Cc1c[nH]c2ccccc12)C1CCCC1CN. The van der Waals surface area contributed by atoms with Gasteiger partial charge in [-0.2, -0.15) is 0 Å². The molecule has 19 heavy (non-hydrogen) atoms. The van der Waals surface area contributed by atoms with Gasteiger partial charge in [0.2, 0.25) is 0 Å². The summed E-state index contributed by atoms with van der Waals surface area (Å²) < 4.78 is 0. The lowest BCUT2D eigenvalue weighted by atomic mass is 10.0. The lowest BCUT2D eigenvalue weighted by Crippen LogP contribution is -2.37. The molecule has 0 amide bonds. The Morgan fingerprint density at radius 3 is 3.00 bits per heavy atom. The number of hydrogen-bond acceptors (Lipinski definition) is 2. The Labute approximate surface area is 114 Å². The van der Waals surface area contributed by atoms with Crippen molar-refractivity contribution >= 4 is 10.9 Å². The third kappa shape index (κ3) is 2.40. The molecule has 0 radical (unpaired) electrons. The summed E-state index contributed by atoms with van der Waals surface area (Å²) in [6.07, 6.45) is 6.05. The number of para-hydroxylation sites is 1. The maximum absolute atomic E-state index is 5.89. The second-order valence-corrected chi connectivity index (χ2v) is 5.77. The van der Waals surface area contributed by atoms with Crippen molar-refractivity contribution in [3.8, 4) is 0 Å². The molecule has 0 aliphatic heterocycles. The highest BCUT2D eigenvalue weighted by atomic mass is 15.1. The Hall–Kier alpha value is -1.32. The van der Waals surface area contributed by atoms with Gasteiger partial charge in [-0.05, 0) is 44.0 Å². The number of benzene rings is 1. The van der Waals surface area contributed by atoms with E-state index in [0.717, 1.165) is 13.1 Å². The number of nitrogens with one attached hydrogen (secondary N) is 1. The zero-order valence-electron chi connectivity index (χ0n) is 11.6. The Balaban J connectivity index is 1.77. The van der Waals surface area contributed by atoms with Crippen LogP contribution in [-0.4, -0.2) is 29.5 Å². The molecule has 2 atom stereocenters. The molecule has 1 heterocycles. The molecule has 2 unspecified atom stereocenters. The van der Waals surface area contributed by atoms with Crippen LogP contribution in [0.2, 0.25) is 0 Å². The van der Waals surface area contributed by atoms with Crippen molar-refractivity contribution in [3.63, 3.8) is 0 Å². The molecule has 0 saturated heterocycles.